The van der Waals surface area contributed by atoms with E-state index in [1.165, 1.54) is 12.8 Å². The van der Waals surface area contributed by atoms with Crippen LogP contribution in [0.5, 0.6) is 0 Å². The number of rotatable bonds is 5. The zero-order valence-corrected chi connectivity index (χ0v) is 13.4. The number of aryl methyl sites for hydroxylation is 1. The highest BCUT2D eigenvalue weighted by Gasteiger charge is 2.27. The van der Waals surface area contributed by atoms with Crippen molar-refractivity contribution in [2.75, 3.05) is 6.54 Å². The summed E-state index contributed by atoms with van der Waals surface area (Å²) in [6.07, 6.45) is 2.97. The van der Waals surface area contributed by atoms with Gasteiger partial charge in [-0.25, -0.2) is 4.98 Å². The normalized spacial score (nSPS) is 21.0. The number of likely N-dealkylation sites (tertiary alicyclic amines) is 1. The Morgan fingerprint density at radius 2 is 2.43 bits per heavy atom. The molecule has 5 heteroatoms. The van der Waals surface area contributed by atoms with Gasteiger partial charge in [-0.3, -0.25) is 4.90 Å². The molecule has 0 saturated carbocycles. The summed E-state index contributed by atoms with van der Waals surface area (Å²) in [5, 5.41) is 13.7. The number of hydrogen-bond donors (Lipinski definition) is 1. The number of aliphatic hydroxyl groups is 1. The SMILES string of the molecule is Cc1oc(-c2ccsc2)nc1CN1CCCC1CC(C)O. The summed E-state index contributed by atoms with van der Waals surface area (Å²) in [7, 11) is 0. The van der Waals surface area contributed by atoms with Crippen LogP contribution in [-0.4, -0.2) is 33.7 Å². The van der Waals surface area contributed by atoms with Crippen LogP contribution in [0.2, 0.25) is 0 Å². The second-order valence-electron chi connectivity index (χ2n) is 5.89. The lowest BCUT2D eigenvalue weighted by Crippen LogP contribution is -2.31. The van der Waals surface area contributed by atoms with Crippen LogP contribution in [0.4, 0.5) is 0 Å². The van der Waals surface area contributed by atoms with Crippen molar-refractivity contribution in [3.05, 3.63) is 28.3 Å². The van der Waals surface area contributed by atoms with E-state index in [9.17, 15) is 5.11 Å². The number of nitrogens with zero attached hydrogens (tertiary/aromatic N) is 2. The zero-order chi connectivity index (χ0) is 14.8. The number of aliphatic hydroxyl groups excluding tert-OH is 1. The third-order valence-electron chi connectivity index (χ3n) is 4.13. The lowest BCUT2D eigenvalue weighted by Gasteiger charge is -2.24. The van der Waals surface area contributed by atoms with Gasteiger partial charge in [0.15, 0.2) is 0 Å². The van der Waals surface area contributed by atoms with Crippen LogP contribution >= 0.6 is 11.3 Å². The Labute approximate surface area is 129 Å². The fourth-order valence-electron chi connectivity index (χ4n) is 3.04. The fraction of sp³-hybridized carbons (Fsp3) is 0.562. The third-order valence-corrected chi connectivity index (χ3v) is 4.81. The molecule has 1 aliphatic heterocycles. The number of oxazole rings is 1. The molecule has 2 aromatic rings. The molecule has 3 rings (SSSR count). The average molecular weight is 306 g/mol. The largest absolute Gasteiger partial charge is 0.441 e. The predicted octanol–water partition coefficient (Wildman–Crippen LogP) is 3.45. The highest BCUT2D eigenvalue weighted by atomic mass is 32.1. The van der Waals surface area contributed by atoms with Gasteiger partial charge in [-0.2, -0.15) is 11.3 Å². The first-order valence-electron chi connectivity index (χ1n) is 7.54. The van der Waals surface area contributed by atoms with Crippen molar-refractivity contribution in [3.63, 3.8) is 0 Å². The van der Waals surface area contributed by atoms with Crippen molar-refractivity contribution >= 4 is 11.3 Å². The van der Waals surface area contributed by atoms with E-state index in [0.29, 0.717) is 6.04 Å². The van der Waals surface area contributed by atoms with E-state index in [1.807, 2.05) is 25.3 Å². The first-order valence-corrected chi connectivity index (χ1v) is 8.48. The molecule has 0 radical (unpaired) electrons. The molecule has 4 nitrogen and oxygen atoms in total. The van der Waals surface area contributed by atoms with Crippen molar-refractivity contribution in [1.29, 1.82) is 0 Å². The topological polar surface area (TPSA) is 49.5 Å². The molecule has 2 atom stereocenters. The van der Waals surface area contributed by atoms with Gasteiger partial charge in [0.05, 0.1) is 11.8 Å². The Bertz CT molecular complexity index is 577. The van der Waals surface area contributed by atoms with Crippen molar-refractivity contribution in [2.24, 2.45) is 0 Å². The maximum Gasteiger partial charge on any atom is 0.227 e. The molecule has 1 N–H and O–H groups in total. The predicted molar refractivity (Wildman–Crippen MR) is 84.3 cm³/mol. The van der Waals surface area contributed by atoms with Crippen LogP contribution < -0.4 is 0 Å². The second kappa shape index (κ2) is 6.30. The molecule has 2 unspecified atom stereocenters. The Morgan fingerprint density at radius 1 is 1.57 bits per heavy atom. The molecule has 1 fully saturated rings. The first-order chi connectivity index (χ1) is 10.1. The van der Waals surface area contributed by atoms with Crippen molar-refractivity contribution < 1.29 is 9.52 Å². The van der Waals surface area contributed by atoms with Gasteiger partial charge in [-0.1, -0.05) is 0 Å². The molecule has 3 heterocycles. The average Bonchev–Trinajstić information content (AvgIpc) is 3.12. The Morgan fingerprint density at radius 3 is 3.14 bits per heavy atom. The van der Waals surface area contributed by atoms with E-state index in [1.54, 1.807) is 11.3 Å². The summed E-state index contributed by atoms with van der Waals surface area (Å²) in [6, 6.07) is 2.50. The highest BCUT2D eigenvalue weighted by Crippen LogP contribution is 2.27. The summed E-state index contributed by atoms with van der Waals surface area (Å²) in [4.78, 5) is 7.09. The molecule has 0 bridgehead atoms. The molecule has 0 aliphatic carbocycles. The zero-order valence-electron chi connectivity index (χ0n) is 12.6. The van der Waals surface area contributed by atoms with Crippen LogP contribution in [0.15, 0.2) is 21.2 Å². The summed E-state index contributed by atoms with van der Waals surface area (Å²) in [6.45, 7) is 5.75. The second-order valence-corrected chi connectivity index (χ2v) is 6.67. The summed E-state index contributed by atoms with van der Waals surface area (Å²) in [5.41, 5.74) is 2.07. The maximum absolute atomic E-state index is 9.62. The van der Waals surface area contributed by atoms with Crippen LogP contribution in [0.25, 0.3) is 11.5 Å². The van der Waals surface area contributed by atoms with Gasteiger partial charge in [-0.05, 0) is 51.1 Å². The van der Waals surface area contributed by atoms with Crippen molar-refractivity contribution in [1.82, 2.24) is 9.88 Å². The Kier molecular flexibility index (Phi) is 4.42. The molecule has 21 heavy (non-hydrogen) atoms. The van der Waals surface area contributed by atoms with E-state index >= 15 is 0 Å². The van der Waals surface area contributed by atoms with Crippen LogP contribution in [-0.2, 0) is 6.54 Å². The molecular weight excluding hydrogens is 284 g/mol. The van der Waals surface area contributed by atoms with Crippen LogP contribution in [0.3, 0.4) is 0 Å². The van der Waals surface area contributed by atoms with Gasteiger partial charge >= 0.3 is 0 Å². The molecule has 1 aliphatic rings. The maximum atomic E-state index is 9.62. The minimum absolute atomic E-state index is 0.240. The van der Waals surface area contributed by atoms with Gasteiger partial charge in [0.1, 0.15) is 5.76 Å². The number of aromatic nitrogens is 1. The van der Waals surface area contributed by atoms with Crippen LogP contribution in [0.1, 0.15) is 37.6 Å². The van der Waals surface area contributed by atoms with E-state index in [0.717, 1.165) is 42.4 Å². The molecule has 0 aromatic carbocycles. The van der Waals surface area contributed by atoms with Crippen LogP contribution in [0, 0.1) is 6.92 Å². The smallest absolute Gasteiger partial charge is 0.227 e. The van der Waals surface area contributed by atoms with Gasteiger partial charge in [-0.15, -0.1) is 0 Å². The fourth-order valence-corrected chi connectivity index (χ4v) is 3.67. The van der Waals surface area contributed by atoms with Crippen molar-refractivity contribution in [3.8, 4) is 11.5 Å². The molecule has 0 amide bonds. The third kappa shape index (κ3) is 3.36. The lowest BCUT2D eigenvalue weighted by molar-refractivity contribution is 0.130. The Balaban J connectivity index is 1.73. The van der Waals surface area contributed by atoms with E-state index < -0.39 is 0 Å². The Hall–Kier alpha value is -1.17. The summed E-state index contributed by atoms with van der Waals surface area (Å²) >= 11 is 1.65. The molecule has 1 saturated heterocycles. The van der Waals surface area contributed by atoms with Gasteiger partial charge in [0, 0.05) is 23.5 Å². The summed E-state index contributed by atoms with van der Waals surface area (Å²) in [5.74, 6) is 1.62. The molecule has 2 aromatic heterocycles. The highest BCUT2D eigenvalue weighted by molar-refractivity contribution is 7.08. The molecule has 0 spiro atoms. The van der Waals surface area contributed by atoms with E-state index in [2.05, 4.69) is 15.3 Å². The van der Waals surface area contributed by atoms with Gasteiger partial charge < -0.3 is 9.52 Å². The summed E-state index contributed by atoms with van der Waals surface area (Å²) < 4.78 is 5.81. The first kappa shape index (κ1) is 14.8. The molecule has 114 valence electrons. The van der Waals surface area contributed by atoms with E-state index in [4.69, 9.17) is 4.42 Å². The number of hydrogen-bond acceptors (Lipinski definition) is 5. The minimum atomic E-state index is -0.240. The standard InChI is InChI=1S/C16H22N2O2S/c1-11(19)8-14-4-3-6-18(14)9-15-12(2)20-16(17-15)13-5-7-21-10-13/h5,7,10-11,14,19H,3-4,6,8-9H2,1-2H3. The quantitative estimate of drug-likeness (QED) is 0.919. The van der Waals surface area contributed by atoms with Gasteiger partial charge in [0.2, 0.25) is 5.89 Å². The molecular formula is C16H22N2O2S. The van der Waals surface area contributed by atoms with Gasteiger partial charge in [0.25, 0.3) is 0 Å². The minimum Gasteiger partial charge on any atom is -0.441 e. The monoisotopic (exact) mass is 306 g/mol. The lowest BCUT2D eigenvalue weighted by atomic mass is 10.1. The van der Waals surface area contributed by atoms with E-state index in [-0.39, 0.29) is 6.10 Å². The number of thiophene rings is 1. The van der Waals surface area contributed by atoms with Crippen molar-refractivity contribution in [2.45, 2.75) is 51.8 Å².